The second kappa shape index (κ2) is 4.86. The van der Waals surface area contributed by atoms with Gasteiger partial charge in [-0.1, -0.05) is 0 Å². The van der Waals surface area contributed by atoms with Crippen LogP contribution in [0.4, 0.5) is 5.82 Å². The smallest absolute Gasteiger partial charge is 0.142 e. The Morgan fingerprint density at radius 3 is 2.88 bits per heavy atom. The molecule has 0 saturated carbocycles. The number of nitrogens with zero attached hydrogens (tertiary/aromatic N) is 2. The van der Waals surface area contributed by atoms with E-state index in [4.69, 9.17) is 0 Å². The van der Waals surface area contributed by atoms with Crippen LogP contribution in [-0.2, 0) is 0 Å². The van der Waals surface area contributed by atoms with E-state index >= 15 is 0 Å². The highest BCUT2D eigenvalue weighted by Gasteiger charge is 2.30. The lowest BCUT2D eigenvalue weighted by Gasteiger charge is -2.26. The number of nitrogens with one attached hydrogen (secondary N) is 1. The van der Waals surface area contributed by atoms with Crippen LogP contribution in [0, 0.1) is 0 Å². The quantitative estimate of drug-likeness (QED) is 0.834. The predicted molar refractivity (Wildman–Crippen MR) is 76.4 cm³/mol. The third kappa shape index (κ3) is 2.51. The predicted octanol–water partition coefficient (Wildman–Crippen LogP) is 2.94. The van der Waals surface area contributed by atoms with Crippen molar-refractivity contribution in [3.63, 3.8) is 0 Å². The van der Waals surface area contributed by atoms with E-state index < -0.39 is 0 Å². The van der Waals surface area contributed by atoms with E-state index in [0.717, 1.165) is 33.9 Å². The van der Waals surface area contributed by atoms with Crippen molar-refractivity contribution in [1.82, 2.24) is 10.3 Å². The number of hydrogen-bond donors (Lipinski definition) is 1. The molecule has 92 valence electrons. The molecule has 2 atom stereocenters. The average Bonchev–Trinajstić information content (AvgIpc) is 2.60. The van der Waals surface area contributed by atoms with Crippen molar-refractivity contribution in [2.24, 2.45) is 0 Å². The Labute approximate surface area is 118 Å². The summed E-state index contributed by atoms with van der Waals surface area (Å²) < 4.78 is 2.09. The summed E-state index contributed by atoms with van der Waals surface area (Å²) in [6, 6.07) is 3.43. The molecule has 2 unspecified atom stereocenters. The number of halogens is 2. The van der Waals surface area contributed by atoms with Gasteiger partial charge in [0.25, 0.3) is 0 Å². The molecule has 5 heteroatoms. The molecular weight excluding hydrogens is 346 g/mol. The molecule has 2 bridgehead atoms. The number of fused-ring (bicyclic) bond motifs is 2. The van der Waals surface area contributed by atoms with Crippen molar-refractivity contribution in [3.05, 3.63) is 21.2 Å². The first-order chi connectivity index (χ1) is 8.22. The summed E-state index contributed by atoms with van der Waals surface area (Å²) in [5.74, 6) is 1.07. The van der Waals surface area contributed by atoms with Gasteiger partial charge in [0, 0.05) is 35.8 Å². The molecule has 3 rings (SSSR count). The maximum atomic E-state index is 4.53. The molecule has 1 N–H and O–H groups in total. The summed E-state index contributed by atoms with van der Waals surface area (Å²) in [6.07, 6.45) is 5.74. The van der Waals surface area contributed by atoms with Gasteiger partial charge in [-0.05, 0) is 57.2 Å². The van der Waals surface area contributed by atoms with Crippen LogP contribution in [0.15, 0.2) is 21.2 Å². The zero-order valence-electron chi connectivity index (χ0n) is 9.50. The van der Waals surface area contributed by atoms with Gasteiger partial charge in [0.1, 0.15) is 5.82 Å². The average molecular weight is 361 g/mol. The molecule has 2 saturated heterocycles. The highest BCUT2D eigenvalue weighted by atomic mass is 79.9. The van der Waals surface area contributed by atoms with E-state index in [0.29, 0.717) is 6.04 Å². The molecule has 2 fully saturated rings. The molecule has 0 aromatic carbocycles. The molecule has 2 aliphatic heterocycles. The molecule has 1 aromatic heterocycles. The molecule has 2 aliphatic rings. The number of rotatable bonds is 1. The van der Waals surface area contributed by atoms with Crippen molar-refractivity contribution in [1.29, 1.82) is 0 Å². The Hall–Kier alpha value is -0.130. The van der Waals surface area contributed by atoms with E-state index in [-0.39, 0.29) is 0 Å². The van der Waals surface area contributed by atoms with Crippen LogP contribution < -0.4 is 10.2 Å². The normalized spacial score (nSPS) is 28.2. The standard InChI is InChI=1S/C12H15Br2N3/c13-8-5-11(14)12(15-6-8)17-4-3-9-1-2-10(7-17)16-9/h5-6,9-10,16H,1-4,7H2. The Morgan fingerprint density at radius 2 is 2.06 bits per heavy atom. The minimum Gasteiger partial charge on any atom is -0.354 e. The first-order valence-electron chi connectivity index (χ1n) is 6.04. The van der Waals surface area contributed by atoms with Crippen LogP contribution >= 0.6 is 31.9 Å². The van der Waals surface area contributed by atoms with Gasteiger partial charge in [-0.15, -0.1) is 0 Å². The van der Waals surface area contributed by atoms with Crippen molar-refractivity contribution in [3.8, 4) is 0 Å². The monoisotopic (exact) mass is 359 g/mol. The van der Waals surface area contributed by atoms with Gasteiger partial charge in [0.05, 0.1) is 4.47 Å². The number of hydrogen-bond acceptors (Lipinski definition) is 3. The summed E-state index contributed by atoms with van der Waals surface area (Å²) in [5.41, 5.74) is 0. The van der Waals surface area contributed by atoms with Gasteiger partial charge in [-0.3, -0.25) is 0 Å². The minimum absolute atomic E-state index is 0.639. The van der Waals surface area contributed by atoms with Crippen LogP contribution in [0.3, 0.4) is 0 Å². The van der Waals surface area contributed by atoms with Gasteiger partial charge in [0.15, 0.2) is 0 Å². The van der Waals surface area contributed by atoms with Crippen molar-refractivity contribution in [2.75, 3.05) is 18.0 Å². The molecule has 1 aromatic rings. The lowest BCUT2D eigenvalue weighted by molar-refractivity contribution is 0.563. The Bertz CT molecular complexity index is 424. The van der Waals surface area contributed by atoms with Crippen LogP contribution in [-0.4, -0.2) is 30.2 Å². The Morgan fingerprint density at radius 1 is 1.24 bits per heavy atom. The maximum absolute atomic E-state index is 4.53. The summed E-state index contributed by atoms with van der Waals surface area (Å²) >= 11 is 7.05. The highest BCUT2D eigenvalue weighted by molar-refractivity contribution is 9.11. The zero-order chi connectivity index (χ0) is 11.8. The van der Waals surface area contributed by atoms with Gasteiger partial charge in [-0.2, -0.15) is 0 Å². The molecule has 0 aliphatic carbocycles. The lowest BCUT2D eigenvalue weighted by atomic mass is 10.1. The first kappa shape index (κ1) is 11.9. The Balaban J connectivity index is 1.83. The zero-order valence-corrected chi connectivity index (χ0v) is 12.7. The summed E-state index contributed by atoms with van der Waals surface area (Å²) in [4.78, 5) is 6.93. The fourth-order valence-corrected chi connectivity index (χ4v) is 4.01. The molecule has 0 amide bonds. The fraction of sp³-hybridized carbons (Fsp3) is 0.583. The van der Waals surface area contributed by atoms with E-state index in [1.54, 1.807) is 0 Å². The van der Waals surface area contributed by atoms with Crippen molar-refractivity contribution in [2.45, 2.75) is 31.3 Å². The molecule has 17 heavy (non-hydrogen) atoms. The minimum atomic E-state index is 0.639. The number of aromatic nitrogens is 1. The van der Waals surface area contributed by atoms with Crippen LogP contribution in [0.25, 0.3) is 0 Å². The highest BCUT2D eigenvalue weighted by Crippen LogP contribution is 2.30. The largest absolute Gasteiger partial charge is 0.354 e. The fourth-order valence-electron chi connectivity index (χ4n) is 2.78. The topological polar surface area (TPSA) is 28.2 Å². The van der Waals surface area contributed by atoms with Gasteiger partial charge >= 0.3 is 0 Å². The summed E-state index contributed by atoms with van der Waals surface area (Å²) in [5, 5.41) is 3.69. The van der Waals surface area contributed by atoms with E-state index in [2.05, 4.69) is 53.1 Å². The molecule has 3 heterocycles. The van der Waals surface area contributed by atoms with Crippen LogP contribution in [0.1, 0.15) is 19.3 Å². The molecule has 0 spiro atoms. The van der Waals surface area contributed by atoms with E-state index in [1.807, 2.05) is 6.20 Å². The van der Waals surface area contributed by atoms with E-state index in [9.17, 15) is 0 Å². The van der Waals surface area contributed by atoms with E-state index in [1.165, 1.54) is 19.3 Å². The maximum Gasteiger partial charge on any atom is 0.142 e. The van der Waals surface area contributed by atoms with Gasteiger partial charge in [-0.25, -0.2) is 4.98 Å². The van der Waals surface area contributed by atoms with Crippen LogP contribution in [0.5, 0.6) is 0 Å². The second-order valence-corrected chi connectivity index (χ2v) is 6.60. The third-order valence-electron chi connectivity index (χ3n) is 3.61. The SMILES string of the molecule is Brc1cnc(N2CCC3CCC(C2)N3)c(Br)c1. The van der Waals surface area contributed by atoms with Crippen molar-refractivity contribution >= 4 is 37.7 Å². The summed E-state index contributed by atoms with van der Waals surface area (Å²) in [7, 11) is 0. The first-order valence-corrected chi connectivity index (χ1v) is 7.63. The van der Waals surface area contributed by atoms with Gasteiger partial charge in [0.2, 0.25) is 0 Å². The second-order valence-electron chi connectivity index (χ2n) is 4.83. The lowest BCUT2D eigenvalue weighted by Crippen LogP contribution is -2.35. The molecule has 3 nitrogen and oxygen atoms in total. The Kier molecular flexibility index (Phi) is 3.41. The number of pyridine rings is 1. The summed E-state index contributed by atoms with van der Waals surface area (Å²) in [6.45, 7) is 2.17. The third-order valence-corrected chi connectivity index (χ3v) is 4.63. The molecular formula is C12H15Br2N3. The van der Waals surface area contributed by atoms with Crippen LogP contribution in [0.2, 0.25) is 0 Å². The molecule has 0 radical (unpaired) electrons. The van der Waals surface area contributed by atoms with Crippen molar-refractivity contribution < 1.29 is 0 Å². The number of anilines is 1. The van der Waals surface area contributed by atoms with Gasteiger partial charge < -0.3 is 10.2 Å².